The molecule has 0 aromatic heterocycles. The van der Waals surface area contributed by atoms with Gasteiger partial charge in [0.25, 0.3) is 0 Å². The number of carbonyl (C=O) groups excluding carboxylic acids is 1. The molecule has 0 aliphatic heterocycles. The Labute approximate surface area is 114 Å². The summed E-state index contributed by atoms with van der Waals surface area (Å²) in [7, 11) is 3.55. The molecular weight excluding hydrogens is 336 g/mol. The topological polar surface area (TPSA) is 43.1 Å². The fourth-order valence-corrected chi connectivity index (χ4v) is 1.17. The Hall–Kier alpha value is -0.490. The quantitative estimate of drug-likeness (QED) is 0.191. The van der Waals surface area contributed by atoms with Gasteiger partial charge in [-0.15, -0.1) is 0 Å². The molecule has 0 aliphatic rings. The van der Waals surface area contributed by atoms with E-state index in [-0.39, 0.29) is 27.4 Å². The molecule has 0 bridgehead atoms. The molecule has 0 fully saturated rings. The predicted molar refractivity (Wildman–Crippen MR) is 64.1 cm³/mol. The molecular formula is C11H14Br2N2O. The van der Waals surface area contributed by atoms with Gasteiger partial charge in [0.1, 0.15) is 0 Å². The van der Waals surface area contributed by atoms with Crippen LogP contribution in [-0.4, -0.2) is 24.5 Å². The van der Waals surface area contributed by atoms with Gasteiger partial charge in [-0.3, -0.25) is 4.79 Å². The molecule has 0 aliphatic carbocycles. The fourth-order valence-electron chi connectivity index (χ4n) is 0.960. The lowest BCUT2D eigenvalue weighted by atomic mass is 10.1. The number of carbonyl (C=O) groups is 1. The van der Waals surface area contributed by atoms with Gasteiger partial charge in [-0.25, -0.2) is 4.59 Å². The highest BCUT2D eigenvalue weighted by Crippen LogP contribution is 2.14. The van der Waals surface area contributed by atoms with Crippen molar-refractivity contribution in [3.8, 4) is 0 Å². The standard InChI is InChI=1S/C11H14BrN2O.BrH/c1-14(2,13)11(12)8-10(15)9-6-4-3-5-7-9;/h3-8H,13H2,1-2H3;1H/q+1;/p-1/b11-8+;. The first-order valence-corrected chi connectivity index (χ1v) is 5.30. The molecule has 88 valence electrons. The molecule has 0 spiro atoms. The molecule has 0 radical (unpaired) electrons. The lowest BCUT2D eigenvalue weighted by molar-refractivity contribution is -0.855. The number of ketones is 1. The van der Waals surface area contributed by atoms with Crippen LogP contribution in [0.5, 0.6) is 0 Å². The van der Waals surface area contributed by atoms with Crippen LogP contribution in [0.1, 0.15) is 10.4 Å². The van der Waals surface area contributed by atoms with Gasteiger partial charge >= 0.3 is 0 Å². The second kappa shape index (κ2) is 6.30. The summed E-state index contributed by atoms with van der Waals surface area (Å²) in [5.41, 5.74) is 0.655. The van der Waals surface area contributed by atoms with Gasteiger partial charge in [0, 0.05) is 21.5 Å². The summed E-state index contributed by atoms with van der Waals surface area (Å²) in [6.07, 6.45) is 1.50. The number of benzene rings is 1. The molecule has 0 saturated carbocycles. The fraction of sp³-hybridized carbons (Fsp3) is 0.182. The van der Waals surface area contributed by atoms with Crippen molar-refractivity contribution in [1.82, 2.24) is 0 Å². The number of hydrogen-bond acceptors (Lipinski definition) is 2. The number of nitrogens with zero attached hydrogens (tertiary/aromatic N) is 1. The first kappa shape index (κ1) is 15.5. The summed E-state index contributed by atoms with van der Waals surface area (Å²) in [6, 6.07) is 9.08. The molecule has 0 heterocycles. The summed E-state index contributed by atoms with van der Waals surface area (Å²) in [5.74, 6) is 5.72. The Morgan fingerprint density at radius 3 is 2.25 bits per heavy atom. The third-order valence-corrected chi connectivity index (χ3v) is 3.00. The summed E-state index contributed by atoms with van der Waals surface area (Å²) < 4.78 is 0.731. The third-order valence-electron chi connectivity index (χ3n) is 1.86. The second-order valence-corrected chi connectivity index (χ2v) is 4.55. The van der Waals surface area contributed by atoms with Crippen LogP contribution in [0.4, 0.5) is 0 Å². The Kier molecular flexibility index (Phi) is 6.10. The molecule has 16 heavy (non-hydrogen) atoms. The normalized spacial score (nSPS) is 11.9. The average molecular weight is 350 g/mol. The van der Waals surface area contributed by atoms with E-state index in [1.807, 2.05) is 18.2 Å². The van der Waals surface area contributed by atoms with Crippen molar-refractivity contribution in [2.24, 2.45) is 5.84 Å². The molecule has 1 aromatic rings. The molecule has 1 rings (SSSR count). The molecule has 0 atom stereocenters. The van der Waals surface area contributed by atoms with E-state index < -0.39 is 0 Å². The van der Waals surface area contributed by atoms with Crippen molar-refractivity contribution in [1.29, 1.82) is 0 Å². The number of nitrogens with two attached hydrogens (primary N) is 1. The molecule has 2 N–H and O–H groups in total. The summed E-state index contributed by atoms with van der Waals surface area (Å²) in [5, 5.41) is 0. The number of halogens is 2. The molecule has 0 unspecified atom stereocenters. The van der Waals surface area contributed by atoms with Crippen molar-refractivity contribution in [3.05, 3.63) is 46.6 Å². The van der Waals surface area contributed by atoms with Crippen molar-refractivity contribution in [2.75, 3.05) is 14.1 Å². The predicted octanol–water partition coefficient (Wildman–Crippen LogP) is -0.940. The van der Waals surface area contributed by atoms with Gasteiger partial charge < -0.3 is 17.0 Å². The van der Waals surface area contributed by atoms with Gasteiger partial charge in [0.05, 0.1) is 20.2 Å². The van der Waals surface area contributed by atoms with Crippen LogP contribution in [-0.2, 0) is 0 Å². The van der Waals surface area contributed by atoms with Gasteiger partial charge in [-0.2, -0.15) is 5.84 Å². The summed E-state index contributed by atoms with van der Waals surface area (Å²) >= 11 is 3.28. The zero-order valence-corrected chi connectivity index (χ0v) is 12.3. The summed E-state index contributed by atoms with van der Waals surface area (Å²) in [6.45, 7) is 0. The largest absolute Gasteiger partial charge is 1.00 e. The molecule has 1 aromatic carbocycles. The number of rotatable bonds is 3. The minimum Gasteiger partial charge on any atom is -1.00 e. The van der Waals surface area contributed by atoms with Crippen molar-refractivity contribution < 1.29 is 26.4 Å². The van der Waals surface area contributed by atoms with Gasteiger partial charge in [0.2, 0.25) is 0 Å². The van der Waals surface area contributed by atoms with E-state index in [2.05, 4.69) is 15.9 Å². The first-order valence-electron chi connectivity index (χ1n) is 4.51. The van der Waals surface area contributed by atoms with E-state index in [0.29, 0.717) is 10.2 Å². The second-order valence-electron chi connectivity index (χ2n) is 3.74. The van der Waals surface area contributed by atoms with Crippen LogP contribution in [0.15, 0.2) is 41.0 Å². The summed E-state index contributed by atoms with van der Waals surface area (Å²) in [4.78, 5) is 11.7. The van der Waals surface area contributed by atoms with Crippen LogP contribution in [0.2, 0.25) is 0 Å². The molecule has 0 saturated heterocycles. The van der Waals surface area contributed by atoms with Crippen LogP contribution in [0.25, 0.3) is 0 Å². The third kappa shape index (κ3) is 4.57. The highest BCUT2D eigenvalue weighted by Gasteiger charge is 2.16. The number of hydrogen-bond donors (Lipinski definition) is 1. The highest BCUT2D eigenvalue weighted by atomic mass is 79.9. The zero-order valence-electron chi connectivity index (χ0n) is 9.15. The van der Waals surface area contributed by atoms with Gasteiger partial charge in [0.15, 0.2) is 10.4 Å². The van der Waals surface area contributed by atoms with E-state index in [4.69, 9.17) is 5.84 Å². The van der Waals surface area contributed by atoms with Gasteiger partial charge in [-0.05, 0) is 0 Å². The van der Waals surface area contributed by atoms with E-state index >= 15 is 0 Å². The maximum atomic E-state index is 11.7. The van der Waals surface area contributed by atoms with E-state index in [0.717, 1.165) is 0 Å². The maximum Gasteiger partial charge on any atom is 0.198 e. The SMILES string of the molecule is C[N+](C)(N)/C(Br)=C/C(=O)c1ccccc1.[Br-]. The first-order chi connectivity index (χ1) is 6.91. The average Bonchev–Trinajstić information content (AvgIpc) is 2.17. The number of allylic oxidation sites excluding steroid dienone is 1. The lowest BCUT2D eigenvalue weighted by Gasteiger charge is -2.20. The van der Waals surface area contributed by atoms with Crippen LogP contribution < -0.4 is 22.8 Å². The lowest BCUT2D eigenvalue weighted by Crippen LogP contribution is -3.00. The Bertz CT molecular complexity index is 383. The van der Waals surface area contributed by atoms with Crippen LogP contribution in [0.3, 0.4) is 0 Å². The molecule has 3 nitrogen and oxygen atoms in total. The van der Waals surface area contributed by atoms with Crippen molar-refractivity contribution in [2.45, 2.75) is 0 Å². The Morgan fingerprint density at radius 2 is 1.81 bits per heavy atom. The van der Waals surface area contributed by atoms with Crippen LogP contribution >= 0.6 is 15.9 Å². The molecule has 5 heteroatoms. The maximum absolute atomic E-state index is 11.7. The zero-order chi connectivity index (χ0) is 11.5. The smallest absolute Gasteiger partial charge is 0.198 e. The van der Waals surface area contributed by atoms with Crippen molar-refractivity contribution >= 4 is 21.7 Å². The minimum atomic E-state index is -0.0564. The minimum absolute atomic E-state index is 0. The Morgan fingerprint density at radius 1 is 1.31 bits per heavy atom. The van der Waals surface area contributed by atoms with Crippen molar-refractivity contribution in [3.63, 3.8) is 0 Å². The van der Waals surface area contributed by atoms with Crippen LogP contribution in [0, 0.1) is 0 Å². The Balaban J connectivity index is 0.00000225. The highest BCUT2D eigenvalue weighted by molar-refractivity contribution is 9.11. The van der Waals surface area contributed by atoms with Gasteiger partial charge in [-0.1, -0.05) is 30.3 Å². The van der Waals surface area contributed by atoms with E-state index in [1.165, 1.54) is 6.08 Å². The number of quaternary nitrogens is 1. The molecule has 0 amide bonds. The van der Waals surface area contributed by atoms with E-state index in [9.17, 15) is 4.79 Å². The monoisotopic (exact) mass is 348 g/mol. The van der Waals surface area contributed by atoms with E-state index in [1.54, 1.807) is 26.2 Å².